The Labute approximate surface area is 181 Å². The summed E-state index contributed by atoms with van der Waals surface area (Å²) >= 11 is 0. The molecule has 6 heteroatoms. The highest BCUT2D eigenvalue weighted by molar-refractivity contribution is 6.07. The van der Waals surface area contributed by atoms with Crippen LogP contribution in [0.4, 0.5) is 5.69 Å². The van der Waals surface area contributed by atoms with Gasteiger partial charge in [0.25, 0.3) is 0 Å². The molecule has 0 saturated carbocycles. The zero-order chi connectivity index (χ0) is 21.8. The van der Waals surface area contributed by atoms with Gasteiger partial charge in [-0.05, 0) is 41.7 Å². The van der Waals surface area contributed by atoms with Gasteiger partial charge < -0.3 is 14.2 Å². The van der Waals surface area contributed by atoms with Crippen LogP contribution in [0.5, 0.6) is 17.2 Å². The van der Waals surface area contributed by atoms with Gasteiger partial charge in [0, 0.05) is 36.1 Å². The first-order chi connectivity index (χ1) is 14.9. The second kappa shape index (κ2) is 7.15. The quantitative estimate of drug-likeness (QED) is 0.728. The van der Waals surface area contributed by atoms with Crippen molar-refractivity contribution in [2.75, 3.05) is 18.8 Å². The predicted octanol–water partition coefficient (Wildman–Crippen LogP) is 4.59. The zero-order valence-corrected chi connectivity index (χ0v) is 17.9. The molecular formula is C25H25NO5. The zero-order valence-electron chi connectivity index (χ0n) is 17.9. The Morgan fingerprint density at radius 2 is 1.84 bits per heavy atom. The van der Waals surface area contributed by atoms with Crippen molar-refractivity contribution < 1.29 is 23.8 Å². The number of allylic oxidation sites excluding steroid dienone is 2. The van der Waals surface area contributed by atoms with Crippen LogP contribution in [0.15, 0.2) is 53.7 Å². The van der Waals surface area contributed by atoms with Crippen molar-refractivity contribution >= 4 is 17.4 Å². The van der Waals surface area contributed by atoms with Crippen LogP contribution in [-0.2, 0) is 9.59 Å². The Balaban J connectivity index is 1.66. The third-order valence-electron chi connectivity index (χ3n) is 6.25. The summed E-state index contributed by atoms with van der Waals surface area (Å²) in [6, 6.07) is 13.1. The minimum Gasteiger partial charge on any atom is -0.497 e. The fraction of sp³-hybridized carbons (Fsp3) is 0.360. The lowest BCUT2D eigenvalue weighted by Gasteiger charge is -2.43. The third kappa shape index (κ3) is 3.36. The fourth-order valence-corrected chi connectivity index (χ4v) is 4.88. The average Bonchev–Trinajstić information content (AvgIpc) is 3.20. The number of hydrogen-bond acceptors (Lipinski definition) is 5. The largest absolute Gasteiger partial charge is 0.497 e. The molecule has 0 saturated heterocycles. The number of anilines is 1. The molecule has 1 amide bonds. The minimum atomic E-state index is -0.289. The molecule has 0 N–H and O–H groups in total. The highest BCUT2D eigenvalue weighted by Crippen LogP contribution is 2.49. The maximum atomic E-state index is 13.5. The van der Waals surface area contributed by atoms with Gasteiger partial charge in [0.2, 0.25) is 12.7 Å². The van der Waals surface area contributed by atoms with Gasteiger partial charge in [-0.25, -0.2) is 0 Å². The van der Waals surface area contributed by atoms with Gasteiger partial charge in [-0.1, -0.05) is 26.0 Å². The molecule has 1 unspecified atom stereocenters. The van der Waals surface area contributed by atoms with Gasteiger partial charge in [-0.15, -0.1) is 0 Å². The van der Waals surface area contributed by atoms with E-state index >= 15 is 0 Å². The van der Waals surface area contributed by atoms with Crippen LogP contribution in [-0.4, -0.2) is 25.6 Å². The van der Waals surface area contributed by atoms with E-state index in [4.69, 9.17) is 14.2 Å². The van der Waals surface area contributed by atoms with E-state index in [2.05, 4.69) is 13.8 Å². The Bertz CT molecular complexity index is 1120. The van der Waals surface area contributed by atoms with E-state index in [1.165, 1.54) is 0 Å². The van der Waals surface area contributed by atoms with Crippen LogP contribution < -0.4 is 19.1 Å². The summed E-state index contributed by atoms with van der Waals surface area (Å²) in [5.41, 5.74) is 2.95. The molecule has 2 aromatic carbocycles. The van der Waals surface area contributed by atoms with Gasteiger partial charge in [0.15, 0.2) is 17.3 Å². The molecule has 1 atom stereocenters. The summed E-state index contributed by atoms with van der Waals surface area (Å²) in [7, 11) is 1.60. The van der Waals surface area contributed by atoms with Crippen LogP contribution in [0.1, 0.15) is 44.6 Å². The van der Waals surface area contributed by atoms with E-state index in [-0.39, 0.29) is 36.2 Å². The Hall–Kier alpha value is -3.28. The van der Waals surface area contributed by atoms with Gasteiger partial charge in [-0.2, -0.15) is 0 Å². The summed E-state index contributed by atoms with van der Waals surface area (Å²) in [6.45, 7) is 4.34. The lowest BCUT2D eigenvalue weighted by atomic mass is 9.69. The molecule has 3 aliphatic rings. The van der Waals surface area contributed by atoms with Crippen molar-refractivity contribution in [1.29, 1.82) is 0 Å². The van der Waals surface area contributed by atoms with E-state index in [1.807, 2.05) is 42.5 Å². The van der Waals surface area contributed by atoms with Crippen molar-refractivity contribution in [1.82, 2.24) is 0 Å². The van der Waals surface area contributed by atoms with Crippen LogP contribution in [0, 0.1) is 5.41 Å². The SMILES string of the molecule is COc1cccc(N2C(=O)CC(c3ccc4c(c3)OCO4)C3=C2CC(C)(C)CC3=O)c1. The number of carbonyl (C=O) groups is 2. The summed E-state index contributed by atoms with van der Waals surface area (Å²) in [4.78, 5) is 28.6. The van der Waals surface area contributed by atoms with Crippen molar-refractivity contribution in [2.24, 2.45) is 5.41 Å². The standard InChI is InChI=1S/C25H25NO5/c1-25(2)12-19-24(20(27)13-25)18(15-7-8-21-22(9-15)31-14-30-21)11-23(28)26(19)16-5-4-6-17(10-16)29-3/h4-10,18H,11-14H2,1-3H3. The number of Topliss-reactive ketones (excluding diaryl/α,β-unsaturated/α-hetero) is 1. The third-order valence-corrected chi connectivity index (χ3v) is 6.25. The smallest absolute Gasteiger partial charge is 0.232 e. The number of hydrogen-bond donors (Lipinski definition) is 0. The maximum Gasteiger partial charge on any atom is 0.232 e. The molecule has 2 heterocycles. The number of ether oxygens (including phenoxy) is 3. The summed E-state index contributed by atoms with van der Waals surface area (Å²) in [5.74, 6) is 1.81. The normalized spacial score (nSPS) is 21.9. The van der Waals surface area contributed by atoms with Crippen molar-refractivity contribution in [3.8, 4) is 17.2 Å². The van der Waals surface area contributed by atoms with Crippen molar-refractivity contribution in [3.63, 3.8) is 0 Å². The number of rotatable bonds is 3. The van der Waals surface area contributed by atoms with E-state index in [9.17, 15) is 9.59 Å². The summed E-state index contributed by atoms with van der Waals surface area (Å²) in [5, 5.41) is 0. The van der Waals surface area contributed by atoms with Gasteiger partial charge >= 0.3 is 0 Å². The van der Waals surface area contributed by atoms with Crippen LogP contribution in [0.2, 0.25) is 0 Å². The highest BCUT2D eigenvalue weighted by atomic mass is 16.7. The fourth-order valence-electron chi connectivity index (χ4n) is 4.88. The van der Waals surface area contributed by atoms with E-state index in [0.717, 1.165) is 22.5 Å². The molecule has 6 nitrogen and oxygen atoms in total. The van der Waals surface area contributed by atoms with Crippen LogP contribution >= 0.6 is 0 Å². The van der Waals surface area contributed by atoms with E-state index in [0.29, 0.717) is 30.1 Å². The molecule has 5 rings (SSSR count). The molecule has 0 fully saturated rings. The second-order valence-electron chi connectivity index (χ2n) is 9.10. The molecule has 2 aromatic rings. The van der Waals surface area contributed by atoms with Crippen molar-refractivity contribution in [2.45, 2.75) is 39.0 Å². The van der Waals surface area contributed by atoms with Crippen molar-refractivity contribution in [3.05, 3.63) is 59.3 Å². The summed E-state index contributed by atoms with van der Waals surface area (Å²) in [6.07, 6.45) is 1.34. The highest BCUT2D eigenvalue weighted by Gasteiger charge is 2.44. The van der Waals surface area contributed by atoms with E-state index in [1.54, 1.807) is 12.0 Å². The first-order valence-electron chi connectivity index (χ1n) is 10.5. The monoisotopic (exact) mass is 419 g/mol. The molecule has 0 bridgehead atoms. The first-order valence-corrected chi connectivity index (χ1v) is 10.5. The first kappa shape index (κ1) is 19.7. The van der Waals surface area contributed by atoms with Gasteiger partial charge in [0.05, 0.1) is 12.8 Å². The maximum absolute atomic E-state index is 13.5. The van der Waals surface area contributed by atoms with Crippen LogP contribution in [0.25, 0.3) is 0 Å². The number of ketones is 1. The minimum absolute atomic E-state index is 0.0276. The number of benzene rings is 2. The molecule has 0 spiro atoms. The molecular weight excluding hydrogens is 394 g/mol. The Morgan fingerprint density at radius 1 is 1.03 bits per heavy atom. The molecule has 0 radical (unpaired) electrons. The Kier molecular flexibility index (Phi) is 4.54. The predicted molar refractivity (Wildman–Crippen MR) is 115 cm³/mol. The summed E-state index contributed by atoms with van der Waals surface area (Å²) < 4.78 is 16.3. The molecule has 31 heavy (non-hydrogen) atoms. The topological polar surface area (TPSA) is 65.1 Å². The molecule has 2 aliphatic heterocycles. The molecule has 1 aliphatic carbocycles. The lowest BCUT2D eigenvalue weighted by molar-refractivity contribution is -0.121. The van der Waals surface area contributed by atoms with E-state index < -0.39 is 0 Å². The van der Waals surface area contributed by atoms with Gasteiger partial charge in [0.1, 0.15) is 5.75 Å². The molecule has 0 aromatic heterocycles. The van der Waals surface area contributed by atoms with Crippen LogP contribution in [0.3, 0.4) is 0 Å². The number of fused-ring (bicyclic) bond motifs is 1. The Morgan fingerprint density at radius 3 is 2.65 bits per heavy atom. The molecule has 160 valence electrons. The average molecular weight is 419 g/mol. The lowest BCUT2D eigenvalue weighted by Crippen LogP contribution is -2.43. The second-order valence-corrected chi connectivity index (χ2v) is 9.10. The van der Waals surface area contributed by atoms with Gasteiger partial charge in [-0.3, -0.25) is 14.5 Å². The number of methoxy groups -OCH3 is 1. The number of carbonyl (C=O) groups excluding carboxylic acids is 2. The number of amides is 1. The number of nitrogens with zero attached hydrogens (tertiary/aromatic N) is 1.